The Morgan fingerprint density at radius 2 is 1.29 bits per heavy atom. The van der Waals surface area contributed by atoms with Gasteiger partial charge in [-0.1, -0.05) is 37.6 Å². The van der Waals surface area contributed by atoms with Gasteiger partial charge in [0.05, 0.1) is 0 Å². The highest BCUT2D eigenvalue weighted by Crippen LogP contribution is 2.30. The van der Waals surface area contributed by atoms with Gasteiger partial charge in [0.2, 0.25) is 5.91 Å². The Morgan fingerprint density at radius 1 is 0.814 bits per heavy atom. The number of hydrogen-bond donors (Lipinski definition) is 3. The van der Waals surface area contributed by atoms with E-state index in [1.165, 1.54) is 25.9 Å². The van der Waals surface area contributed by atoms with Crippen molar-refractivity contribution in [1.29, 1.82) is 0 Å². The number of alkyl halides is 9. The van der Waals surface area contributed by atoms with E-state index in [4.69, 9.17) is 50.7 Å². The molecule has 330 valence electrons. The van der Waals surface area contributed by atoms with Gasteiger partial charge in [0.25, 0.3) is 0 Å². The largest absolute Gasteiger partial charge is 0.490 e. The van der Waals surface area contributed by atoms with Gasteiger partial charge in [-0.05, 0) is 51.0 Å². The van der Waals surface area contributed by atoms with Crippen molar-refractivity contribution in [2.75, 3.05) is 52.9 Å². The molecule has 0 bridgehead atoms. The van der Waals surface area contributed by atoms with Crippen LogP contribution in [0.15, 0.2) is 41.1 Å². The number of amides is 1. The summed E-state index contributed by atoms with van der Waals surface area (Å²) in [5.41, 5.74) is 1.66. The minimum Gasteiger partial charge on any atom is -0.475 e. The van der Waals surface area contributed by atoms with E-state index in [2.05, 4.69) is 35.7 Å². The minimum atomic E-state index is -5.08. The topological polar surface area (TPSA) is 183 Å². The Hall–Kier alpha value is -4.90. The van der Waals surface area contributed by atoms with E-state index in [1.807, 2.05) is 39.9 Å². The molecule has 0 radical (unpaired) electrons. The van der Waals surface area contributed by atoms with Crippen LogP contribution in [0.5, 0.6) is 0 Å². The standard InChI is InChI=1S/C29H39ClN6O2.3C2HF3O2/c1-21(2)28-31-12-15-36(28)29-32-27(23-4-6-24(30)7-5-23)25(38-29)8-9-26(37)35-18-16-34(17-19-35)20-22-10-13-33(3)14-11-22;3*3-2(4,5)1(6)7/h4-7,12,15,21-22H,8-11,13-14,16-20H2,1-3H3;3*(H,6,7). The summed E-state index contributed by atoms with van der Waals surface area (Å²) in [6, 6.07) is 8.05. The molecule has 2 aliphatic rings. The van der Waals surface area contributed by atoms with Gasteiger partial charge in [0.1, 0.15) is 17.3 Å². The van der Waals surface area contributed by atoms with Crippen molar-refractivity contribution in [3.63, 3.8) is 0 Å². The van der Waals surface area contributed by atoms with Crippen LogP contribution in [0.3, 0.4) is 0 Å². The number of piperazine rings is 1. The molecule has 0 aliphatic carbocycles. The summed E-state index contributed by atoms with van der Waals surface area (Å²) < 4.78 is 103. The number of imidazole rings is 1. The summed E-state index contributed by atoms with van der Waals surface area (Å²) in [5, 5.41) is 22.0. The molecule has 3 N–H and O–H groups in total. The van der Waals surface area contributed by atoms with E-state index >= 15 is 0 Å². The predicted molar refractivity (Wildman–Crippen MR) is 191 cm³/mol. The zero-order valence-corrected chi connectivity index (χ0v) is 32.5. The number of nitrogens with zero attached hydrogens (tertiary/aromatic N) is 6. The number of oxazole rings is 1. The second-order valence-corrected chi connectivity index (χ2v) is 13.9. The first kappa shape index (κ1) is 50.2. The zero-order valence-electron chi connectivity index (χ0n) is 31.7. The highest BCUT2D eigenvalue weighted by Gasteiger charge is 2.39. The SMILES string of the molecule is CC(C)c1nccn1-c1nc(-c2ccc(Cl)cc2)c(CCC(=O)N2CCN(CC3CCN(C)CC3)CC2)o1.O=C(O)C(F)(F)F.O=C(O)C(F)(F)F.O=C(O)C(F)(F)F. The van der Waals surface area contributed by atoms with Gasteiger partial charge >= 0.3 is 42.5 Å². The molecule has 2 aromatic heterocycles. The van der Waals surface area contributed by atoms with Crippen molar-refractivity contribution >= 4 is 35.4 Å². The van der Waals surface area contributed by atoms with Gasteiger partial charge in [-0.25, -0.2) is 19.4 Å². The molecule has 4 heterocycles. The molecule has 2 saturated heterocycles. The number of carboxylic acids is 3. The summed E-state index contributed by atoms with van der Waals surface area (Å²) in [5.74, 6) is -5.50. The summed E-state index contributed by atoms with van der Waals surface area (Å²) in [6.45, 7) is 11.2. The fourth-order valence-electron chi connectivity index (χ4n) is 5.52. The first-order chi connectivity index (χ1) is 27.2. The van der Waals surface area contributed by atoms with Gasteiger partial charge in [-0.2, -0.15) is 44.5 Å². The number of carboxylic acid groups (broad SMARTS) is 3. The van der Waals surface area contributed by atoms with E-state index in [0.717, 1.165) is 55.7 Å². The minimum absolute atomic E-state index is 0.175. The Balaban J connectivity index is 0.000000469. The van der Waals surface area contributed by atoms with Gasteiger partial charge in [-0.3, -0.25) is 14.3 Å². The lowest BCUT2D eigenvalue weighted by atomic mass is 9.96. The lowest BCUT2D eigenvalue weighted by Gasteiger charge is -2.38. The first-order valence-corrected chi connectivity index (χ1v) is 18.0. The molecule has 0 saturated carbocycles. The average molecular weight is 881 g/mol. The molecule has 1 amide bonds. The third-order valence-corrected chi connectivity index (χ3v) is 8.82. The molecule has 1 aromatic carbocycles. The molecule has 0 spiro atoms. The quantitative estimate of drug-likeness (QED) is 0.206. The third kappa shape index (κ3) is 17.1. The number of aryl methyl sites for hydroxylation is 1. The number of aromatic nitrogens is 3. The predicted octanol–water partition coefficient (Wildman–Crippen LogP) is 6.62. The van der Waals surface area contributed by atoms with Crippen molar-refractivity contribution in [1.82, 2.24) is 29.2 Å². The van der Waals surface area contributed by atoms with Crippen molar-refractivity contribution in [2.24, 2.45) is 5.92 Å². The number of halogens is 10. The van der Waals surface area contributed by atoms with Crippen molar-refractivity contribution < 1.29 is 78.4 Å². The van der Waals surface area contributed by atoms with Crippen molar-refractivity contribution in [2.45, 2.75) is 64.0 Å². The van der Waals surface area contributed by atoms with Crippen LogP contribution in [0.2, 0.25) is 5.02 Å². The molecule has 0 unspecified atom stereocenters. The molecule has 14 nitrogen and oxygen atoms in total. The number of benzene rings is 1. The second-order valence-electron chi connectivity index (χ2n) is 13.4. The molecule has 24 heteroatoms. The van der Waals surface area contributed by atoms with Crippen LogP contribution < -0.4 is 0 Å². The summed E-state index contributed by atoms with van der Waals surface area (Å²) >= 11 is 6.13. The molecule has 5 rings (SSSR count). The van der Waals surface area contributed by atoms with Crippen LogP contribution in [0.4, 0.5) is 39.5 Å². The van der Waals surface area contributed by atoms with Crippen LogP contribution in [0.25, 0.3) is 17.3 Å². The van der Waals surface area contributed by atoms with Gasteiger partial charge in [0.15, 0.2) is 0 Å². The molecule has 2 fully saturated rings. The highest BCUT2D eigenvalue weighted by molar-refractivity contribution is 6.30. The number of rotatable bonds is 8. The van der Waals surface area contributed by atoms with Gasteiger partial charge in [0, 0.05) is 74.5 Å². The number of carbonyl (C=O) groups excluding carboxylic acids is 1. The average Bonchev–Trinajstić information content (AvgIpc) is 3.80. The van der Waals surface area contributed by atoms with Crippen LogP contribution in [-0.2, 0) is 25.6 Å². The second kappa shape index (κ2) is 21.9. The van der Waals surface area contributed by atoms with E-state index in [-0.39, 0.29) is 11.8 Å². The zero-order chi connectivity index (χ0) is 44.9. The smallest absolute Gasteiger partial charge is 0.475 e. The molecule has 2 aliphatic heterocycles. The monoisotopic (exact) mass is 880 g/mol. The highest BCUT2D eigenvalue weighted by atomic mass is 35.5. The molecule has 59 heavy (non-hydrogen) atoms. The Labute approximate surface area is 336 Å². The van der Waals surface area contributed by atoms with Crippen LogP contribution in [-0.4, -0.2) is 140 Å². The normalized spacial score (nSPS) is 15.6. The van der Waals surface area contributed by atoms with Crippen molar-refractivity contribution in [3.05, 3.63) is 53.3 Å². The fourth-order valence-corrected chi connectivity index (χ4v) is 5.64. The lowest BCUT2D eigenvalue weighted by molar-refractivity contribution is -0.193. The Kier molecular flexibility index (Phi) is 18.7. The summed E-state index contributed by atoms with van der Waals surface area (Å²) in [4.78, 5) is 56.2. The van der Waals surface area contributed by atoms with Crippen LogP contribution >= 0.6 is 11.6 Å². The maximum Gasteiger partial charge on any atom is 0.490 e. The third-order valence-electron chi connectivity index (χ3n) is 8.57. The van der Waals surface area contributed by atoms with Crippen molar-refractivity contribution in [3.8, 4) is 17.3 Å². The Morgan fingerprint density at radius 3 is 1.73 bits per heavy atom. The Bertz CT molecular complexity index is 1760. The lowest BCUT2D eigenvalue weighted by Crippen LogP contribution is -2.50. The van der Waals surface area contributed by atoms with Crippen LogP contribution in [0.1, 0.15) is 50.6 Å². The number of aliphatic carboxylic acids is 3. The molecule has 0 atom stereocenters. The maximum atomic E-state index is 13.2. The summed E-state index contributed by atoms with van der Waals surface area (Å²) in [7, 11) is 2.21. The van der Waals surface area contributed by atoms with Gasteiger partial charge < -0.3 is 29.5 Å². The van der Waals surface area contributed by atoms with Gasteiger partial charge in [-0.15, -0.1) is 0 Å². The summed E-state index contributed by atoms with van der Waals surface area (Å²) in [6.07, 6.45) is -8.18. The van der Waals surface area contributed by atoms with E-state index in [0.29, 0.717) is 29.6 Å². The molecule has 3 aromatic rings. The van der Waals surface area contributed by atoms with E-state index in [9.17, 15) is 44.3 Å². The molecular weight excluding hydrogens is 839 g/mol. The number of hydrogen-bond acceptors (Lipinski definition) is 9. The fraction of sp³-hybridized carbons (Fsp3) is 0.543. The van der Waals surface area contributed by atoms with Crippen LogP contribution in [0, 0.1) is 5.92 Å². The van der Waals surface area contributed by atoms with E-state index < -0.39 is 36.4 Å². The first-order valence-electron chi connectivity index (χ1n) is 17.6. The molecular formula is C35H42ClF9N6O8. The maximum absolute atomic E-state index is 13.2. The number of likely N-dealkylation sites (tertiary alicyclic amines) is 1. The van der Waals surface area contributed by atoms with E-state index in [1.54, 1.807) is 6.20 Å². The number of carbonyl (C=O) groups is 4. The number of piperidine rings is 1.